The van der Waals surface area contributed by atoms with Crippen LogP contribution in [0.4, 0.5) is 29.7 Å². The Morgan fingerprint density at radius 2 is 1.04 bits per heavy atom. The van der Waals surface area contributed by atoms with Gasteiger partial charge in [-0.05, 0) is 61.8 Å². The van der Waals surface area contributed by atoms with E-state index in [1.807, 2.05) is 0 Å². The van der Waals surface area contributed by atoms with E-state index < -0.39 is 105 Å². The van der Waals surface area contributed by atoms with Crippen molar-refractivity contribution < 1.29 is 63.8 Å². The van der Waals surface area contributed by atoms with Crippen molar-refractivity contribution in [3.05, 3.63) is 48.0 Å². The molecule has 18 nitrogen and oxygen atoms in total. The van der Waals surface area contributed by atoms with E-state index in [0.717, 1.165) is 38.5 Å². The summed E-state index contributed by atoms with van der Waals surface area (Å²) in [5.41, 5.74) is -1.01. The molecule has 2 saturated heterocycles. The number of hydrogen-bond donors (Lipinski definition) is 4. The van der Waals surface area contributed by atoms with Crippen molar-refractivity contribution in [3.63, 3.8) is 0 Å². The SMILES string of the molecule is COC(=O)N[C@@H](C(=O)N1CCC[C@@H]1C(=O)Nc1cccc(OS(=O)(=O)Oc2cccc(NC(=O)[C@@H]3CCCN3C(=O)[C@H](NC(=O)OC)C(C)C)c2F)c1F)C(C)C. The standard InChI is InChI=1S/C36H46F2N6O12S/c1-19(2)29(41-35(49)53-5)33(47)43-17-9-13-23(43)31(45)39-21-11-7-15-25(27(21)37)55-57(51,52)56-26-16-8-12-22(28(26)38)40-32(46)24-14-10-18-44(24)34(48)30(20(3)4)42-36(50)54-6/h7-8,11-12,15-16,19-20,23-24,29-30H,9-10,13-14,17-18H2,1-6H3,(H,39,45)(H,40,46)(H,41,49)(H,42,50)/t23-,24+,29-,30-/m1/s1. The second kappa shape index (κ2) is 18.9. The number of nitrogens with zero attached hydrogens (tertiary/aromatic N) is 2. The van der Waals surface area contributed by atoms with Gasteiger partial charge >= 0.3 is 22.6 Å². The van der Waals surface area contributed by atoms with Crippen LogP contribution in [0.2, 0.25) is 0 Å². The van der Waals surface area contributed by atoms with Crippen molar-refractivity contribution in [3.8, 4) is 11.5 Å². The molecule has 6 amide bonds. The molecular formula is C36H46F2N6O12S. The van der Waals surface area contributed by atoms with Crippen LogP contribution in [-0.2, 0) is 39.1 Å². The van der Waals surface area contributed by atoms with E-state index in [1.54, 1.807) is 27.7 Å². The molecule has 21 heteroatoms. The van der Waals surface area contributed by atoms with Crippen LogP contribution in [-0.4, -0.2) is 106 Å². The zero-order valence-corrected chi connectivity index (χ0v) is 32.9. The molecule has 2 aliphatic rings. The van der Waals surface area contributed by atoms with Crippen LogP contribution in [0.1, 0.15) is 53.4 Å². The van der Waals surface area contributed by atoms with Gasteiger partial charge in [-0.1, -0.05) is 39.8 Å². The molecule has 0 bridgehead atoms. The fourth-order valence-corrected chi connectivity index (χ4v) is 7.11. The zero-order valence-electron chi connectivity index (χ0n) is 32.1. The number of rotatable bonds is 14. The van der Waals surface area contributed by atoms with Gasteiger partial charge in [0.2, 0.25) is 23.6 Å². The summed E-state index contributed by atoms with van der Waals surface area (Å²) in [5, 5.41) is 9.58. The molecule has 2 heterocycles. The number of nitrogens with one attached hydrogen (secondary N) is 4. The molecule has 0 spiro atoms. The molecule has 0 unspecified atom stereocenters. The largest absolute Gasteiger partial charge is 0.501 e. The second-order valence-electron chi connectivity index (χ2n) is 13.9. The van der Waals surface area contributed by atoms with E-state index in [0.29, 0.717) is 12.8 Å². The molecule has 2 fully saturated rings. The Hall–Kier alpha value is -5.73. The Bertz CT molecular complexity index is 1840. The first kappa shape index (κ1) is 44.0. The fraction of sp³-hybridized carbons (Fsp3) is 0.500. The number of hydrogen-bond acceptors (Lipinski definition) is 12. The maximum atomic E-state index is 15.6. The number of methoxy groups -OCH3 is 2. The smallest absolute Gasteiger partial charge is 0.453 e. The van der Waals surface area contributed by atoms with E-state index in [2.05, 4.69) is 30.7 Å². The van der Waals surface area contributed by atoms with Crippen LogP contribution in [0.25, 0.3) is 0 Å². The van der Waals surface area contributed by atoms with E-state index in [1.165, 1.54) is 21.9 Å². The average molecular weight is 825 g/mol. The first-order valence-electron chi connectivity index (χ1n) is 18.0. The van der Waals surface area contributed by atoms with Crippen LogP contribution in [0.5, 0.6) is 11.5 Å². The van der Waals surface area contributed by atoms with Crippen LogP contribution in [0.15, 0.2) is 36.4 Å². The van der Waals surface area contributed by atoms with Gasteiger partial charge in [-0.15, -0.1) is 8.42 Å². The lowest BCUT2D eigenvalue weighted by Crippen LogP contribution is -2.54. The lowest BCUT2D eigenvalue weighted by atomic mass is 10.0. The molecule has 57 heavy (non-hydrogen) atoms. The number of alkyl carbamates (subject to hydrolysis) is 2. The van der Waals surface area contributed by atoms with Crippen molar-refractivity contribution in [2.45, 2.75) is 77.5 Å². The van der Waals surface area contributed by atoms with Gasteiger partial charge in [-0.3, -0.25) is 19.2 Å². The van der Waals surface area contributed by atoms with E-state index >= 15 is 8.78 Å². The Morgan fingerprint density at radius 1 is 0.667 bits per heavy atom. The number of likely N-dealkylation sites (tertiary alicyclic amines) is 2. The van der Waals surface area contributed by atoms with Gasteiger partial charge < -0.3 is 48.9 Å². The molecule has 4 atom stereocenters. The quantitative estimate of drug-likeness (QED) is 0.215. The number of benzene rings is 2. The van der Waals surface area contributed by atoms with Gasteiger partial charge in [0.1, 0.15) is 24.2 Å². The highest BCUT2D eigenvalue weighted by molar-refractivity contribution is 7.82. The van der Waals surface area contributed by atoms with Gasteiger partial charge in [0.25, 0.3) is 0 Å². The van der Waals surface area contributed by atoms with Crippen LogP contribution in [0.3, 0.4) is 0 Å². The maximum Gasteiger partial charge on any atom is 0.501 e. The molecular weight excluding hydrogens is 778 g/mol. The third-order valence-corrected chi connectivity index (χ3v) is 10.1. The summed E-state index contributed by atoms with van der Waals surface area (Å²) in [5.74, 6) is -7.94. The highest BCUT2D eigenvalue weighted by atomic mass is 32.3. The van der Waals surface area contributed by atoms with Crippen molar-refractivity contribution in [1.82, 2.24) is 20.4 Å². The monoisotopic (exact) mass is 824 g/mol. The van der Waals surface area contributed by atoms with Crippen LogP contribution < -0.4 is 29.6 Å². The molecule has 0 radical (unpaired) electrons. The molecule has 2 aliphatic heterocycles. The molecule has 2 aromatic carbocycles. The normalized spacial score (nSPS) is 17.7. The minimum Gasteiger partial charge on any atom is -0.453 e. The molecule has 0 aromatic heterocycles. The minimum absolute atomic E-state index is 0.180. The summed E-state index contributed by atoms with van der Waals surface area (Å²) in [6.07, 6.45) is -0.370. The van der Waals surface area contributed by atoms with Gasteiger partial charge in [0, 0.05) is 13.1 Å². The first-order valence-corrected chi connectivity index (χ1v) is 19.3. The topological polar surface area (TPSA) is 228 Å². The third kappa shape index (κ3) is 10.8. The van der Waals surface area contributed by atoms with E-state index in [9.17, 15) is 37.2 Å². The third-order valence-electron chi connectivity index (χ3n) is 9.29. The number of amides is 6. The van der Waals surface area contributed by atoms with Crippen LogP contribution in [0, 0.1) is 23.5 Å². The Balaban J connectivity index is 1.44. The molecule has 0 aliphatic carbocycles. The van der Waals surface area contributed by atoms with Gasteiger partial charge in [-0.2, -0.15) is 0 Å². The predicted octanol–water partition coefficient (Wildman–Crippen LogP) is 3.29. The Labute approximate surface area is 328 Å². The van der Waals surface area contributed by atoms with Crippen LogP contribution >= 0.6 is 0 Å². The Morgan fingerprint density at radius 3 is 1.37 bits per heavy atom. The number of ether oxygens (including phenoxy) is 2. The maximum absolute atomic E-state index is 15.6. The number of halogens is 2. The summed E-state index contributed by atoms with van der Waals surface area (Å²) < 4.78 is 75.8. The summed E-state index contributed by atoms with van der Waals surface area (Å²) in [4.78, 5) is 79.5. The number of anilines is 2. The predicted molar refractivity (Wildman–Crippen MR) is 198 cm³/mol. The lowest BCUT2D eigenvalue weighted by molar-refractivity contribution is -0.139. The zero-order chi connectivity index (χ0) is 42.2. The molecule has 2 aromatic rings. The highest BCUT2D eigenvalue weighted by Crippen LogP contribution is 2.31. The molecule has 4 N–H and O–H groups in total. The number of carbonyl (C=O) groups excluding carboxylic acids is 6. The van der Waals surface area contributed by atoms with E-state index in [-0.39, 0.29) is 37.8 Å². The first-order chi connectivity index (χ1) is 26.9. The summed E-state index contributed by atoms with van der Waals surface area (Å²) in [6.45, 7) is 7.13. The highest BCUT2D eigenvalue weighted by Gasteiger charge is 2.41. The molecule has 4 rings (SSSR count). The van der Waals surface area contributed by atoms with Crippen molar-refractivity contribution >= 4 is 57.6 Å². The second-order valence-corrected chi connectivity index (χ2v) is 15.0. The Kier molecular flexibility index (Phi) is 14.6. The molecule has 0 saturated carbocycles. The summed E-state index contributed by atoms with van der Waals surface area (Å²) in [6, 6.07) is 2.26. The van der Waals surface area contributed by atoms with Crippen molar-refractivity contribution in [2.24, 2.45) is 11.8 Å². The van der Waals surface area contributed by atoms with Gasteiger partial charge in [-0.25, -0.2) is 18.4 Å². The fourth-order valence-electron chi connectivity index (χ4n) is 6.37. The van der Waals surface area contributed by atoms with Gasteiger partial charge in [0.05, 0.1) is 25.6 Å². The molecule has 312 valence electrons. The van der Waals surface area contributed by atoms with Gasteiger partial charge in [0.15, 0.2) is 23.1 Å². The minimum atomic E-state index is -5.26. The van der Waals surface area contributed by atoms with E-state index in [4.69, 9.17) is 8.37 Å². The van der Waals surface area contributed by atoms with Crippen molar-refractivity contribution in [2.75, 3.05) is 37.9 Å². The summed E-state index contributed by atoms with van der Waals surface area (Å²) in [7, 11) is -2.98. The average Bonchev–Trinajstić information content (AvgIpc) is 3.86. The lowest BCUT2D eigenvalue weighted by Gasteiger charge is -2.30. The summed E-state index contributed by atoms with van der Waals surface area (Å²) >= 11 is 0. The van der Waals surface area contributed by atoms with Crippen molar-refractivity contribution in [1.29, 1.82) is 0 Å². The number of carbonyl (C=O) groups is 6.